The van der Waals surface area contributed by atoms with E-state index >= 15 is 0 Å². The fourth-order valence-corrected chi connectivity index (χ4v) is 4.14. The van der Waals surface area contributed by atoms with Crippen LogP contribution in [0.2, 0.25) is 0 Å². The Morgan fingerprint density at radius 1 is 0.970 bits per heavy atom. The number of aryl methyl sites for hydroxylation is 1. The molecule has 0 unspecified atom stereocenters. The lowest BCUT2D eigenvalue weighted by atomic mass is 10.1. The minimum Gasteiger partial charge on any atom is -0.497 e. The second-order valence-corrected chi connectivity index (χ2v) is 8.39. The summed E-state index contributed by atoms with van der Waals surface area (Å²) in [6.07, 6.45) is 0. The third-order valence-corrected chi connectivity index (χ3v) is 5.86. The molecule has 6 nitrogen and oxygen atoms in total. The molecule has 0 fully saturated rings. The summed E-state index contributed by atoms with van der Waals surface area (Å²) in [7, 11) is 1.62. The average Bonchev–Trinajstić information content (AvgIpc) is 2.83. The summed E-state index contributed by atoms with van der Waals surface area (Å²) in [5.74, 6) is 2.13. The lowest BCUT2D eigenvalue weighted by molar-refractivity contribution is 0.0938. The highest BCUT2D eigenvalue weighted by molar-refractivity contribution is 9.10. The van der Waals surface area contributed by atoms with Gasteiger partial charge in [0.15, 0.2) is 0 Å². The molecule has 7 heteroatoms. The van der Waals surface area contributed by atoms with Crippen molar-refractivity contribution in [3.8, 4) is 22.9 Å². The molecule has 0 amide bonds. The molecule has 4 aromatic rings. The molecule has 0 aliphatic heterocycles. The summed E-state index contributed by atoms with van der Waals surface area (Å²) >= 11 is 3.51. The lowest BCUT2D eigenvalue weighted by Gasteiger charge is -2.14. The van der Waals surface area contributed by atoms with E-state index in [1.165, 1.54) is 0 Å². The van der Waals surface area contributed by atoms with Crippen molar-refractivity contribution in [2.24, 2.45) is 0 Å². The first-order valence-electron chi connectivity index (χ1n) is 10.7. The molecule has 0 aliphatic rings. The van der Waals surface area contributed by atoms with Crippen LogP contribution in [0.25, 0.3) is 22.3 Å². The molecular formula is C26H25BrN2O4. The number of rotatable bonds is 9. The van der Waals surface area contributed by atoms with E-state index in [2.05, 4.69) is 15.9 Å². The van der Waals surface area contributed by atoms with Gasteiger partial charge in [0.25, 0.3) is 5.56 Å². The predicted molar refractivity (Wildman–Crippen MR) is 133 cm³/mol. The van der Waals surface area contributed by atoms with Crippen LogP contribution >= 0.6 is 15.9 Å². The van der Waals surface area contributed by atoms with Crippen LogP contribution in [0, 0.1) is 6.92 Å². The third kappa shape index (κ3) is 5.43. The topological polar surface area (TPSA) is 62.6 Å². The van der Waals surface area contributed by atoms with E-state index in [0.717, 1.165) is 27.1 Å². The Kier molecular flexibility index (Phi) is 7.42. The Hall–Kier alpha value is -3.16. The zero-order chi connectivity index (χ0) is 23.2. The summed E-state index contributed by atoms with van der Waals surface area (Å²) in [6.45, 7) is 3.60. The molecule has 1 heterocycles. The van der Waals surface area contributed by atoms with Crippen molar-refractivity contribution < 1.29 is 14.2 Å². The van der Waals surface area contributed by atoms with E-state index in [9.17, 15) is 4.79 Å². The van der Waals surface area contributed by atoms with Crippen molar-refractivity contribution in [3.63, 3.8) is 0 Å². The Morgan fingerprint density at radius 2 is 1.76 bits per heavy atom. The van der Waals surface area contributed by atoms with Crippen LogP contribution < -0.4 is 15.0 Å². The highest BCUT2D eigenvalue weighted by Gasteiger charge is 2.13. The Labute approximate surface area is 200 Å². The number of fused-ring (bicyclic) bond motifs is 1. The van der Waals surface area contributed by atoms with Gasteiger partial charge in [-0.15, -0.1) is 0 Å². The predicted octanol–water partition coefficient (Wildman–Crippen LogP) is 5.24. The van der Waals surface area contributed by atoms with Gasteiger partial charge in [-0.25, -0.2) is 4.98 Å². The maximum Gasteiger partial charge on any atom is 0.261 e. The SMILES string of the molecule is COc1ccc(-c2nc3ccccc3c(=O)n2CCOCCOc2ccc(C)cc2Br)cc1. The van der Waals surface area contributed by atoms with E-state index in [1.54, 1.807) is 17.7 Å². The molecule has 170 valence electrons. The number of hydrogen-bond donors (Lipinski definition) is 0. The van der Waals surface area contributed by atoms with E-state index in [-0.39, 0.29) is 5.56 Å². The first kappa shape index (κ1) is 23.0. The molecule has 0 atom stereocenters. The molecule has 0 saturated carbocycles. The highest BCUT2D eigenvalue weighted by atomic mass is 79.9. The third-order valence-electron chi connectivity index (χ3n) is 5.24. The van der Waals surface area contributed by atoms with Crippen molar-refractivity contribution in [3.05, 3.63) is 87.1 Å². The van der Waals surface area contributed by atoms with Gasteiger partial charge in [-0.2, -0.15) is 0 Å². The molecule has 33 heavy (non-hydrogen) atoms. The quantitative estimate of drug-likeness (QED) is 0.289. The highest BCUT2D eigenvalue weighted by Crippen LogP contribution is 2.25. The van der Waals surface area contributed by atoms with Crippen molar-refractivity contribution in [1.82, 2.24) is 9.55 Å². The summed E-state index contributed by atoms with van der Waals surface area (Å²) in [6, 6.07) is 20.8. The van der Waals surface area contributed by atoms with E-state index < -0.39 is 0 Å². The first-order chi connectivity index (χ1) is 16.1. The fraction of sp³-hybridized carbons (Fsp3) is 0.231. The second kappa shape index (κ2) is 10.6. The molecule has 0 N–H and O–H groups in total. The van der Waals surface area contributed by atoms with Crippen LogP contribution in [0.5, 0.6) is 11.5 Å². The molecule has 0 aliphatic carbocycles. The Morgan fingerprint density at radius 3 is 2.52 bits per heavy atom. The van der Waals surface area contributed by atoms with Gasteiger partial charge in [0.2, 0.25) is 0 Å². The molecule has 0 spiro atoms. The Balaban J connectivity index is 1.46. The molecule has 0 saturated heterocycles. The zero-order valence-corrected chi connectivity index (χ0v) is 20.2. The van der Waals surface area contributed by atoms with E-state index in [4.69, 9.17) is 19.2 Å². The van der Waals surface area contributed by atoms with Crippen molar-refractivity contribution in [1.29, 1.82) is 0 Å². The van der Waals surface area contributed by atoms with Gasteiger partial charge in [0, 0.05) is 5.56 Å². The summed E-state index contributed by atoms with van der Waals surface area (Å²) < 4.78 is 19.4. The number of para-hydroxylation sites is 1. The minimum atomic E-state index is -0.0881. The number of halogens is 1. The standard InChI is InChI=1S/C26H25BrN2O4/c1-18-7-12-24(22(27)17-18)33-16-15-32-14-13-29-25(19-8-10-20(31-2)11-9-19)28-23-6-4-3-5-21(23)26(29)30/h3-12,17H,13-16H2,1-2H3. The maximum absolute atomic E-state index is 13.2. The lowest BCUT2D eigenvalue weighted by Crippen LogP contribution is -2.26. The number of methoxy groups -OCH3 is 1. The molecule has 4 rings (SSSR count). The van der Waals surface area contributed by atoms with Crippen LogP contribution in [0.1, 0.15) is 5.56 Å². The van der Waals surface area contributed by atoms with Gasteiger partial charge in [0.1, 0.15) is 23.9 Å². The van der Waals surface area contributed by atoms with E-state index in [0.29, 0.717) is 43.1 Å². The molecule has 0 radical (unpaired) electrons. The fourth-order valence-electron chi connectivity index (χ4n) is 3.53. The van der Waals surface area contributed by atoms with Crippen LogP contribution in [-0.4, -0.2) is 36.5 Å². The molecule has 0 bridgehead atoms. The Bertz CT molecular complexity index is 1300. The van der Waals surface area contributed by atoms with Gasteiger partial charge >= 0.3 is 0 Å². The van der Waals surface area contributed by atoms with Gasteiger partial charge in [-0.3, -0.25) is 9.36 Å². The molecule has 3 aromatic carbocycles. The average molecular weight is 509 g/mol. The number of hydrogen-bond acceptors (Lipinski definition) is 5. The van der Waals surface area contributed by atoms with Gasteiger partial charge < -0.3 is 14.2 Å². The number of benzene rings is 3. The monoisotopic (exact) mass is 508 g/mol. The smallest absolute Gasteiger partial charge is 0.261 e. The van der Waals surface area contributed by atoms with Crippen LogP contribution in [0.15, 0.2) is 76.0 Å². The minimum absolute atomic E-state index is 0.0881. The maximum atomic E-state index is 13.2. The van der Waals surface area contributed by atoms with Gasteiger partial charge in [-0.05, 0) is 76.9 Å². The van der Waals surface area contributed by atoms with Gasteiger partial charge in [-0.1, -0.05) is 18.2 Å². The van der Waals surface area contributed by atoms with E-state index in [1.807, 2.05) is 67.6 Å². The normalized spacial score (nSPS) is 11.0. The van der Waals surface area contributed by atoms with Crippen LogP contribution in [-0.2, 0) is 11.3 Å². The van der Waals surface area contributed by atoms with Crippen LogP contribution in [0.3, 0.4) is 0 Å². The van der Waals surface area contributed by atoms with Crippen molar-refractivity contribution in [2.75, 3.05) is 26.9 Å². The molecular weight excluding hydrogens is 484 g/mol. The summed E-state index contributed by atoms with van der Waals surface area (Å²) in [4.78, 5) is 18.0. The number of aromatic nitrogens is 2. The number of ether oxygens (including phenoxy) is 3. The first-order valence-corrected chi connectivity index (χ1v) is 11.5. The van der Waals surface area contributed by atoms with Gasteiger partial charge in [0.05, 0.1) is 42.2 Å². The summed E-state index contributed by atoms with van der Waals surface area (Å²) in [5, 5.41) is 0.585. The second-order valence-electron chi connectivity index (χ2n) is 7.53. The summed E-state index contributed by atoms with van der Waals surface area (Å²) in [5.41, 5.74) is 2.58. The van der Waals surface area contributed by atoms with Crippen molar-refractivity contribution in [2.45, 2.75) is 13.5 Å². The number of nitrogens with zero attached hydrogens (tertiary/aromatic N) is 2. The van der Waals surface area contributed by atoms with Crippen molar-refractivity contribution >= 4 is 26.8 Å². The van der Waals surface area contributed by atoms with Crippen LogP contribution in [0.4, 0.5) is 0 Å². The zero-order valence-electron chi connectivity index (χ0n) is 18.6. The largest absolute Gasteiger partial charge is 0.497 e. The molecule has 1 aromatic heterocycles.